The summed E-state index contributed by atoms with van der Waals surface area (Å²) in [6, 6.07) is 2.01. The first kappa shape index (κ1) is 14.5. The van der Waals surface area contributed by atoms with Crippen LogP contribution in [0.4, 0.5) is 0 Å². The summed E-state index contributed by atoms with van der Waals surface area (Å²) in [5.74, 6) is -0.739. The molecule has 0 aromatic carbocycles. The van der Waals surface area contributed by atoms with E-state index in [4.69, 9.17) is 5.11 Å². The molecule has 1 aliphatic carbocycles. The van der Waals surface area contributed by atoms with Gasteiger partial charge in [-0.15, -0.1) is 11.3 Å². The van der Waals surface area contributed by atoms with E-state index in [2.05, 4.69) is 0 Å². The number of aliphatic hydroxyl groups excluding tert-OH is 1. The van der Waals surface area contributed by atoms with Crippen LogP contribution < -0.4 is 0 Å². The second kappa shape index (κ2) is 6.06. The van der Waals surface area contributed by atoms with Crippen LogP contribution in [0.1, 0.15) is 61.5 Å². The van der Waals surface area contributed by atoms with Gasteiger partial charge < -0.3 is 10.2 Å². The minimum atomic E-state index is -0.739. The highest BCUT2D eigenvalue weighted by atomic mass is 32.1. The average Bonchev–Trinajstić information content (AvgIpc) is 2.75. The normalized spacial score (nSPS) is 20.1. The number of aryl methyl sites for hydroxylation is 1. The van der Waals surface area contributed by atoms with Crippen molar-refractivity contribution in [1.29, 1.82) is 0 Å². The average molecular weight is 282 g/mol. The SMILES string of the molecule is Cc1ccsc1C(O)CC1(CC(=O)O)CCCCC1. The maximum atomic E-state index is 11.1. The maximum Gasteiger partial charge on any atom is 0.303 e. The van der Waals surface area contributed by atoms with Crippen LogP contribution in [-0.4, -0.2) is 16.2 Å². The molecular formula is C15H22O3S. The number of hydrogen-bond donors (Lipinski definition) is 2. The Bertz CT molecular complexity index is 432. The Balaban J connectivity index is 2.11. The third kappa shape index (κ3) is 3.57. The highest BCUT2D eigenvalue weighted by Crippen LogP contribution is 2.46. The zero-order chi connectivity index (χ0) is 13.9. The Morgan fingerprint density at radius 3 is 2.63 bits per heavy atom. The van der Waals surface area contributed by atoms with E-state index in [-0.39, 0.29) is 11.8 Å². The zero-order valence-electron chi connectivity index (χ0n) is 11.4. The van der Waals surface area contributed by atoms with Gasteiger partial charge in [0.1, 0.15) is 0 Å². The van der Waals surface area contributed by atoms with Crippen molar-refractivity contribution >= 4 is 17.3 Å². The lowest BCUT2D eigenvalue weighted by Crippen LogP contribution is -2.29. The van der Waals surface area contributed by atoms with Gasteiger partial charge in [-0.1, -0.05) is 19.3 Å². The molecule has 1 atom stereocenters. The number of carboxylic acid groups (broad SMARTS) is 1. The van der Waals surface area contributed by atoms with Gasteiger partial charge in [0.05, 0.1) is 12.5 Å². The van der Waals surface area contributed by atoms with Crippen molar-refractivity contribution in [3.05, 3.63) is 21.9 Å². The molecule has 0 aliphatic heterocycles. The number of thiophene rings is 1. The second-order valence-electron chi connectivity index (χ2n) is 5.82. The largest absolute Gasteiger partial charge is 0.481 e. The van der Waals surface area contributed by atoms with Crippen molar-refractivity contribution in [2.45, 2.75) is 58.0 Å². The van der Waals surface area contributed by atoms with Crippen molar-refractivity contribution in [3.8, 4) is 0 Å². The molecule has 4 heteroatoms. The van der Waals surface area contributed by atoms with Crippen molar-refractivity contribution in [1.82, 2.24) is 0 Å². The Labute approximate surface area is 118 Å². The lowest BCUT2D eigenvalue weighted by Gasteiger charge is -2.37. The smallest absolute Gasteiger partial charge is 0.303 e. The van der Waals surface area contributed by atoms with Gasteiger partial charge in [-0.25, -0.2) is 0 Å². The number of aliphatic carboxylic acids is 1. The molecule has 1 heterocycles. The molecule has 0 saturated heterocycles. The Kier molecular flexibility index (Phi) is 4.63. The molecule has 3 nitrogen and oxygen atoms in total. The first-order chi connectivity index (χ1) is 9.02. The monoisotopic (exact) mass is 282 g/mol. The van der Waals surface area contributed by atoms with E-state index >= 15 is 0 Å². The first-order valence-electron chi connectivity index (χ1n) is 6.96. The molecule has 1 aliphatic rings. The first-order valence-corrected chi connectivity index (χ1v) is 7.84. The summed E-state index contributed by atoms with van der Waals surface area (Å²) in [6.45, 7) is 2.00. The predicted molar refractivity (Wildman–Crippen MR) is 76.4 cm³/mol. The van der Waals surface area contributed by atoms with Crippen LogP contribution >= 0.6 is 11.3 Å². The molecule has 2 N–H and O–H groups in total. The van der Waals surface area contributed by atoms with Crippen molar-refractivity contribution in [3.63, 3.8) is 0 Å². The highest BCUT2D eigenvalue weighted by molar-refractivity contribution is 7.10. The molecule has 2 rings (SSSR count). The summed E-state index contributed by atoms with van der Waals surface area (Å²) in [4.78, 5) is 12.1. The standard InChI is InChI=1S/C15H22O3S/c1-11-5-8-19-14(11)12(16)9-15(10-13(17)18)6-3-2-4-7-15/h5,8,12,16H,2-4,6-7,9-10H2,1H3,(H,17,18). The van der Waals surface area contributed by atoms with Crippen LogP contribution in [0.25, 0.3) is 0 Å². The van der Waals surface area contributed by atoms with Crippen molar-refractivity contribution in [2.24, 2.45) is 5.41 Å². The summed E-state index contributed by atoms with van der Waals surface area (Å²) < 4.78 is 0. The third-order valence-corrected chi connectivity index (χ3v) is 5.39. The maximum absolute atomic E-state index is 11.1. The molecule has 1 unspecified atom stereocenters. The Morgan fingerprint density at radius 2 is 2.11 bits per heavy atom. The number of carboxylic acids is 1. The lowest BCUT2D eigenvalue weighted by molar-refractivity contribution is -0.141. The molecule has 1 aromatic rings. The molecule has 0 amide bonds. The van der Waals surface area contributed by atoms with Crippen molar-refractivity contribution in [2.75, 3.05) is 0 Å². The molecule has 1 aromatic heterocycles. The number of hydrogen-bond acceptors (Lipinski definition) is 3. The van der Waals surface area contributed by atoms with Gasteiger partial charge in [-0.2, -0.15) is 0 Å². The van der Waals surface area contributed by atoms with Gasteiger partial charge in [0.25, 0.3) is 0 Å². The predicted octanol–water partition coefficient (Wildman–Crippen LogP) is 3.91. The second-order valence-corrected chi connectivity index (χ2v) is 6.77. The number of carbonyl (C=O) groups is 1. The van der Waals surface area contributed by atoms with Crippen molar-refractivity contribution < 1.29 is 15.0 Å². The van der Waals surface area contributed by atoms with E-state index in [1.54, 1.807) is 11.3 Å². The van der Waals surface area contributed by atoms with Gasteiger partial charge in [-0.05, 0) is 48.6 Å². The van der Waals surface area contributed by atoms with Crippen LogP contribution in [0.2, 0.25) is 0 Å². The molecule has 19 heavy (non-hydrogen) atoms. The van der Waals surface area contributed by atoms with Crippen LogP contribution in [0, 0.1) is 12.3 Å². The topological polar surface area (TPSA) is 57.5 Å². The minimum absolute atomic E-state index is 0.189. The van der Waals surface area contributed by atoms with E-state index in [9.17, 15) is 9.90 Å². The quantitative estimate of drug-likeness (QED) is 0.861. The third-order valence-electron chi connectivity index (χ3n) is 4.27. The van der Waals surface area contributed by atoms with E-state index in [0.29, 0.717) is 6.42 Å². The summed E-state index contributed by atoms with van der Waals surface area (Å²) in [5.41, 5.74) is 0.902. The summed E-state index contributed by atoms with van der Waals surface area (Å²) in [6.07, 6.45) is 5.48. The lowest BCUT2D eigenvalue weighted by atomic mass is 9.68. The summed E-state index contributed by atoms with van der Waals surface area (Å²) >= 11 is 1.57. The van der Waals surface area contributed by atoms with Gasteiger partial charge in [0, 0.05) is 4.88 Å². The summed E-state index contributed by atoms with van der Waals surface area (Å²) in [5, 5.41) is 21.6. The molecule has 0 radical (unpaired) electrons. The molecule has 0 spiro atoms. The number of aliphatic hydroxyl groups is 1. The van der Waals surface area contributed by atoms with Crippen LogP contribution in [0.3, 0.4) is 0 Å². The number of rotatable bonds is 5. The zero-order valence-corrected chi connectivity index (χ0v) is 12.2. The fourth-order valence-corrected chi connectivity index (χ4v) is 4.22. The van der Waals surface area contributed by atoms with Gasteiger partial charge in [-0.3, -0.25) is 4.79 Å². The fraction of sp³-hybridized carbons (Fsp3) is 0.667. The molecular weight excluding hydrogens is 260 g/mol. The Morgan fingerprint density at radius 1 is 1.42 bits per heavy atom. The van der Waals surface area contributed by atoms with E-state index < -0.39 is 12.1 Å². The van der Waals surface area contributed by atoms with E-state index in [1.165, 1.54) is 6.42 Å². The summed E-state index contributed by atoms with van der Waals surface area (Å²) in [7, 11) is 0. The highest BCUT2D eigenvalue weighted by Gasteiger charge is 2.37. The molecule has 1 saturated carbocycles. The molecule has 0 bridgehead atoms. The van der Waals surface area contributed by atoms with E-state index in [0.717, 1.165) is 36.1 Å². The minimum Gasteiger partial charge on any atom is -0.481 e. The van der Waals surface area contributed by atoms with Crippen LogP contribution in [-0.2, 0) is 4.79 Å². The molecule has 1 fully saturated rings. The van der Waals surface area contributed by atoms with E-state index in [1.807, 2.05) is 18.4 Å². The van der Waals surface area contributed by atoms with Gasteiger partial charge in [0.15, 0.2) is 0 Å². The fourth-order valence-electron chi connectivity index (χ4n) is 3.30. The Hall–Kier alpha value is -0.870. The van der Waals surface area contributed by atoms with Crippen LogP contribution in [0.5, 0.6) is 0 Å². The van der Waals surface area contributed by atoms with Gasteiger partial charge in [0.2, 0.25) is 0 Å². The van der Waals surface area contributed by atoms with Gasteiger partial charge >= 0.3 is 5.97 Å². The molecule has 106 valence electrons. The van der Waals surface area contributed by atoms with Crippen LogP contribution in [0.15, 0.2) is 11.4 Å².